The van der Waals surface area contributed by atoms with E-state index in [1.165, 1.54) is 0 Å². The van der Waals surface area contributed by atoms with Gasteiger partial charge in [0.25, 0.3) is 0 Å². The normalized spacial score (nSPS) is 42.1. The minimum atomic E-state index is -1.90. The maximum Gasteiger partial charge on any atom is 0.198 e. The third-order valence-corrected chi connectivity index (χ3v) is 2.14. The molecule has 4 N–H and O–H groups in total. The lowest BCUT2D eigenvalue weighted by atomic mass is 10.0. The third kappa shape index (κ3) is 1.55. The van der Waals surface area contributed by atoms with Gasteiger partial charge >= 0.3 is 0 Å². The van der Waals surface area contributed by atoms with Crippen LogP contribution in [0.1, 0.15) is 0 Å². The highest BCUT2D eigenvalue weighted by Gasteiger charge is 2.53. The fourth-order valence-electron chi connectivity index (χ4n) is 1.34. The molecule has 0 amide bonds. The Morgan fingerprint density at radius 1 is 1.43 bits per heavy atom. The van der Waals surface area contributed by atoms with Crippen LogP contribution in [-0.4, -0.2) is 57.7 Å². The standard InChI is InChI=1S/C6H11N3O5/c7-9-8-6(2-11)5(13)4(12)3(1-10)14-6/h3-5,10-13H,1-2H2/t3-,4-,5+,6+/m1/s1. The van der Waals surface area contributed by atoms with Crippen LogP contribution < -0.4 is 0 Å². The lowest BCUT2D eigenvalue weighted by Crippen LogP contribution is -2.44. The summed E-state index contributed by atoms with van der Waals surface area (Å²) in [6, 6.07) is 0. The second kappa shape index (κ2) is 4.09. The summed E-state index contributed by atoms with van der Waals surface area (Å²) < 4.78 is 4.89. The molecule has 1 rings (SSSR count). The van der Waals surface area contributed by atoms with Gasteiger partial charge in [-0.3, -0.25) is 0 Å². The molecule has 8 nitrogen and oxygen atoms in total. The molecule has 1 saturated heterocycles. The van der Waals surface area contributed by atoms with Gasteiger partial charge in [-0.05, 0) is 5.53 Å². The number of hydrogen-bond donors (Lipinski definition) is 4. The monoisotopic (exact) mass is 205 g/mol. The zero-order valence-electron chi connectivity index (χ0n) is 7.19. The molecule has 0 spiro atoms. The van der Waals surface area contributed by atoms with Crippen LogP contribution in [0.5, 0.6) is 0 Å². The van der Waals surface area contributed by atoms with Crippen molar-refractivity contribution in [3.05, 3.63) is 10.4 Å². The summed E-state index contributed by atoms with van der Waals surface area (Å²) in [7, 11) is 0. The van der Waals surface area contributed by atoms with Crippen LogP contribution in [0, 0.1) is 0 Å². The molecule has 0 unspecified atom stereocenters. The van der Waals surface area contributed by atoms with Crippen molar-refractivity contribution in [2.75, 3.05) is 13.2 Å². The van der Waals surface area contributed by atoms with E-state index in [1.807, 2.05) is 0 Å². The molecule has 0 aliphatic carbocycles. The Hall–Kier alpha value is -0.890. The maximum atomic E-state index is 9.43. The number of rotatable bonds is 3. The lowest BCUT2D eigenvalue weighted by Gasteiger charge is -2.23. The summed E-state index contributed by atoms with van der Waals surface area (Å²) in [5.74, 6) is 0. The molecule has 1 fully saturated rings. The quantitative estimate of drug-likeness (QED) is 0.242. The van der Waals surface area contributed by atoms with Crippen LogP contribution in [0.2, 0.25) is 0 Å². The molecule has 0 aromatic heterocycles. The first-order valence-corrected chi connectivity index (χ1v) is 3.93. The van der Waals surface area contributed by atoms with Gasteiger partial charge in [-0.1, -0.05) is 5.11 Å². The smallest absolute Gasteiger partial charge is 0.198 e. The van der Waals surface area contributed by atoms with E-state index < -0.39 is 37.3 Å². The molecule has 0 bridgehead atoms. The van der Waals surface area contributed by atoms with E-state index >= 15 is 0 Å². The van der Waals surface area contributed by atoms with Crippen LogP contribution in [0.25, 0.3) is 10.4 Å². The average molecular weight is 205 g/mol. The first-order valence-electron chi connectivity index (χ1n) is 3.93. The predicted octanol–water partition coefficient (Wildman–Crippen LogP) is -1.90. The summed E-state index contributed by atoms with van der Waals surface area (Å²) >= 11 is 0. The van der Waals surface area contributed by atoms with Crippen LogP contribution in [-0.2, 0) is 4.74 Å². The molecule has 1 aliphatic rings. The average Bonchev–Trinajstić information content (AvgIpc) is 2.44. The molecule has 80 valence electrons. The van der Waals surface area contributed by atoms with Gasteiger partial charge in [-0.15, -0.1) is 0 Å². The number of aliphatic hydroxyl groups is 4. The summed E-state index contributed by atoms with van der Waals surface area (Å²) in [4.78, 5) is 2.40. The van der Waals surface area contributed by atoms with Gasteiger partial charge in [0, 0.05) is 4.91 Å². The molecule has 0 aromatic rings. The van der Waals surface area contributed by atoms with E-state index in [2.05, 4.69) is 10.0 Å². The van der Waals surface area contributed by atoms with Crippen molar-refractivity contribution in [3.8, 4) is 0 Å². The van der Waals surface area contributed by atoms with E-state index in [-0.39, 0.29) is 0 Å². The Morgan fingerprint density at radius 3 is 2.43 bits per heavy atom. The fourth-order valence-corrected chi connectivity index (χ4v) is 1.34. The molecule has 14 heavy (non-hydrogen) atoms. The minimum Gasteiger partial charge on any atom is -0.394 e. The summed E-state index contributed by atoms with van der Waals surface area (Å²) in [6.45, 7) is -1.31. The first-order chi connectivity index (χ1) is 6.61. The van der Waals surface area contributed by atoms with Gasteiger partial charge in [0.1, 0.15) is 18.3 Å². The van der Waals surface area contributed by atoms with Crippen molar-refractivity contribution in [1.82, 2.24) is 0 Å². The highest BCUT2D eigenvalue weighted by Crippen LogP contribution is 2.32. The SMILES string of the molecule is [N-]=[N+]=N[C@@]1(CO)O[C@H](CO)[C@@H](O)[C@@H]1O. The zero-order chi connectivity index (χ0) is 10.8. The molecular formula is C6H11N3O5. The summed E-state index contributed by atoms with van der Waals surface area (Å²) in [5.41, 5.74) is 6.30. The van der Waals surface area contributed by atoms with Gasteiger partial charge in [0.15, 0.2) is 5.72 Å². The van der Waals surface area contributed by atoms with Crippen LogP contribution in [0.3, 0.4) is 0 Å². The lowest BCUT2D eigenvalue weighted by molar-refractivity contribution is -0.114. The second-order valence-electron chi connectivity index (χ2n) is 2.97. The summed E-state index contributed by atoms with van der Waals surface area (Å²) in [6.07, 6.45) is -4.01. The van der Waals surface area contributed by atoms with Crippen molar-refractivity contribution in [2.24, 2.45) is 5.11 Å². The number of azide groups is 1. The van der Waals surface area contributed by atoms with Crippen molar-refractivity contribution < 1.29 is 25.2 Å². The van der Waals surface area contributed by atoms with Gasteiger partial charge in [0.2, 0.25) is 0 Å². The minimum absolute atomic E-state index is 0.541. The van der Waals surface area contributed by atoms with E-state index in [1.54, 1.807) is 0 Å². The Bertz CT molecular complexity index is 256. The van der Waals surface area contributed by atoms with E-state index in [0.717, 1.165) is 0 Å². The summed E-state index contributed by atoms with van der Waals surface area (Å²) in [5, 5.41) is 39.5. The van der Waals surface area contributed by atoms with Gasteiger partial charge in [-0.25, -0.2) is 0 Å². The number of hydrogen-bond acceptors (Lipinski definition) is 6. The third-order valence-electron chi connectivity index (χ3n) is 2.14. The number of ether oxygens (including phenoxy) is 1. The molecule has 4 atom stereocenters. The largest absolute Gasteiger partial charge is 0.394 e. The van der Waals surface area contributed by atoms with Crippen LogP contribution in [0.4, 0.5) is 0 Å². The fraction of sp³-hybridized carbons (Fsp3) is 1.00. The molecule has 0 radical (unpaired) electrons. The van der Waals surface area contributed by atoms with Gasteiger partial charge < -0.3 is 25.2 Å². The van der Waals surface area contributed by atoms with E-state index in [9.17, 15) is 10.2 Å². The molecule has 1 aliphatic heterocycles. The molecule has 1 heterocycles. The van der Waals surface area contributed by atoms with Crippen LogP contribution >= 0.6 is 0 Å². The van der Waals surface area contributed by atoms with Crippen molar-refractivity contribution in [1.29, 1.82) is 0 Å². The van der Waals surface area contributed by atoms with Crippen molar-refractivity contribution in [3.63, 3.8) is 0 Å². The Labute approximate surface area is 79.0 Å². The van der Waals surface area contributed by atoms with E-state index in [4.69, 9.17) is 20.5 Å². The van der Waals surface area contributed by atoms with Crippen molar-refractivity contribution in [2.45, 2.75) is 24.0 Å². The molecule has 8 heteroatoms. The van der Waals surface area contributed by atoms with Gasteiger partial charge in [0.05, 0.1) is 13.2 Å². The van der Waals surface area contributed by atoms with Crippen molar-refractivity contribution >= 4 is 0 Å². The maximum absolute atomic E-state index is 9.43. The van der Waals surface area contributed by atoms with Gasteiger partial charge in [-0.2, -0.15) is 0 Å². The van der Waals surface area contributed by atoms with E-state index in [0.29, 0.717) is 0 Å². The first kappa shape index (κ1) is 11.2. The number of nitrogens with zero attached hydrogens (tertiary/aromatic N) is 3. The number of aliphatic hydroxyl groups excluding tert-OH is 4. The van der Waals surface area contributed by atoms with Crippen LogP contribution in [0.15, 0.2) is 5.11 Å². The zero-order valence-corrected chi connectivity index (χ0v) is 7.19. The highest BCUT2D eigenvalue weighted by atomic mass is 16.6. The Kier molecular flexibility index (Phi) is 3.27. The topological polar surface area (TPSA) is 139 Å². The Balaban J connectivity index is 2.94. The molecule has 0 saturated carbocycles. The predicted molar refractivity (Wildman–Crippen MR) is 42.9 cm³/mol. The second-order valence-corrected chi connectivity index (χ2v) is 2.97. The highest BCUT2D eigenvalue weighted by molar-refractivity contribution is 5.00. The Morgan fingerprint density at radius 2 is 2.07 bits per heavy atom. The molecule has 0 aromatic carbocycles. The molecular weight excluding hydrogens is 194 g/mol.